The van der Waals surface area contributed by atoms with Crippen LogP contribution < -0.4 is 9.47 Å². The number of ether oxygens (including phenoxy) is 2. The monoisotopic (exact) mass is 369 g/mol. The van der Waals surface area contributed by atoms with E-state index in [4.69, 9.17) is 9.47 Å². The highest BCUT2D eigenvalue weighted by molar-refractivity contribution is 5.80. The lowest BCUT2D eigenvalue weighted by molar-refractivity contribution is -0.136. The Balaban J connectivity index is 1.45. The number of benzene rings is 2. The highest BCUT2D eigenvalue weighted by Crippen LogP contribution is 2.31. The van der Waals surface area contributed by atoms with Crippen LogP contribution in [0.3, 0.4) is 0 Å². The lowest BCUT2D eigenvalue weighted by atomic mass is 9.95. The third kappa shape index (κ3) is 3.45. The molecule has 140 valence electrons. The van der Waals surface area contributed by atoms with Gasteiger partial charge in [-0.2, -0.15) is 0 Å². The highest BCUT2D eigenvalue weighted by atomic mass is 19.1. The molecule has 27 heavy (non-hydrogen) atoms. The number of methoxy groups -OCH3 is 1. The molecule has 2 heterocycles. The van der Waals surface area contributed by atoms with Gasteiger partial charge in [-0.05, 0) is 36.2 Å². The Bertz CT molecular complexity index is 1000. The Morgan fingerprint density at radius 2 is 2.22 bits per heavy atom. The Kier molecular flexibility index (Phi) is 4.43. The number of hydrogen-bond donors (Lipinski definition) is 1. The van der Waals surface area contributed by atoms with Crippen LogP contribution in [-0.2, 0) is 17.8 Å². The van der Waals surface area contributed by atoms with E-state index in [0.29, 0.717) is 36.4 Å². The number of aromatic nitrogens is 2. The van der Waals surface area contributed by atoms with Crippen molar-refractivity contribution in [1.29, 1.82) is 0 Å². The fraction of sp³-hybridized carbons (Fsp3) is 0.300. The van der Waals surface area contributed by atoms with Crippen LogP contribution in [0.25, 0.3) is 11.0 Å². The van der Waals surface area contributed by atoms with Crippen molar-refractivity contribution in [3.63, 3.8) is 0 Å². The lowest BCUT2D eigenvalue weighted by Gasteiger charge is -2.28. The van der Waals surface area contributed by atoms with E-state index in [1.165, 1.54) is 12.1 Å². The smallest absolute Gasteiger partial charge is 0.229 e. The van der Waals surface area contributed by atoms with E-state index in [2.05, 4.69) is 9.97 Å². The largest absolute Gasteiger partial charge is 0.497 e. The minimum absolute atomic E-state index is 0.0110. The van der Waals surface area contributed by atoms with Crippen LogP contribution in [0.1, 0.15) is 11.4 Å². The SMILES string of the molecule is COc1ccc2c(c1)OC[C@H](C(=O)N(C)Cc1nc3ccc(F)cc3[nH]1)C2. The topological polar surface area (TPSA) is 67.5 Å². The fourth-order valence-electron chi connectivity index (χ4n) is 3.36. The normalized spacial score (nSPS) is 15.9. The van der Waals surface area contributed by atoms with Crippen LogP contribution in [0.5, 0.6) is 11.5 Å². The van der Waals surface area contributed by atoms with Gasteiger partial charge in [0.25, 0.3) is 0 Å². The van der Waals surface area contributed by atoms with Crippen LogP contribution in [0.2, 0.25) is 0 Å². The van der Waals surface area contributed by atoms with Gasteiger partial charge in [0.1, 0.15) is 29.7 Å². The number of nitrogens with zero attached hydrogens (tertiary/aromatic N) is 2. The lowest BCUT2D eigenvalue weighted by Crippen LogP contribution is -2.38. The molecule has 0 saturated heterocycles. The van der Waals surface area contributed by atoms with Gasteiger partial charge < -0.3 is 19.4 Å². The Labute approximate surface area is 155 Å². The molecule has 0 unspecified atom stereocenters. The number of fused-ring (bicyclic) bond motifs is 2. The van der Waals surface area contributed by atoms with Crippen molar-refractivity contribution >= 4 is 16.9 Å². The van der Waals surface area contributed by atoms with E-state index in [0.717, 1.165) is 17.1 Å². The minimum Gasteiger partial charge on any atom is -0.497 e. The Morgan fingerprint density at radius 1 is 1.37 bits per heavy atom. The number of hydrogen-bond acceptors (Lipinski definition) is 4. The number of H-pyrrole nitrogens is 1. The summed E-state index contributed by atoms with van der Waals surface area (Å²) < 4.78 is 24.3. The summed E-state index contributed by atoms with van der Waals surface area (Å²) >= 11 is 0. The summed E-state index contributed by atoms with van der Waals surface area (Å²) in [6, 6.07) is 10.0. The number of halogens is 1. The van der Waals surface area contributed by atoms with Crippen molar-refractivity contribution in [1.82, 2.24) is 14.9 Å². The summed E-state index contributed by atoms with van der Waals surface area (Å²) in [7, 11) is 3.35. The number of amides is 1. The van der Waals surface area contributed by atoms with Gasteiger partial charge in [0.15, 0.2) is 0 Å². The van der Waals surface area contributed by atoms with Crippen molar-refractivity contribution < 1.29 is 18.7 Å². The van der Waals surface area contributed by atoms with Crippen molar-refractivity contribution in [2.24, 2.45) is 5.92 Å². The molecule has 2 aromatic carbocycles. The molecule has 4 rings (SSSR count). The summed E-state index contributed by atoms with van der Waals surface area (Å²) in [5.74, 6) is 1.53. The molecule has 0 bridgehead atoms. The van der Waals surface area contributed by atoms with E-state index < -0.39 is 0 Å². The van der Waals surface area contributed by atoms with E-state index >= 15 is 0 Å². The molecule has 1 amide bonds. The zero-order chi connectivity index (χ0) is 19.0. The third-order valence-electron chi connectivity index (χ3n) is 4.79. The van der Waals surface area contributed by atoms with E-state index in [1.54, 1.807) is 25.1 Å². The molecule has 1 aliphatic heterocycles. The predicted octanol–water partition coefficient (Wildman–Crippen LogP) is 2.92. The predicted molar refractivity (Wildman–Crippen MR) is 98.2 cm³/mol. The number of carbonyl (C=O) groups is 1. The molecule has 1 atom stereocenters. The van der Waals surface area contributed by atoms with Gasteiger partial charge in [-0.1, -0.05) is 6.07 Å². The van der Waals surface area contributed by atoms with Gasteiger partial charge in [0, 0.05) is 13.1 Å². The second kappa shape index (κ2) is 6.90. The average molecular weight is 369 g/mol. The second-order valence-corrected chi connectivity index (χ2v) is 6.72. The molecule has 6 nitrogen and oxygen atoms in total. The molecule has 1 aromatic heterocycles. The van der Waals surface area contributed by atoms with Gasteiger partial charge in [0.2, 0.25) is 5.91 Å². The standard InChI is InChI=1S/C20H20FN3O3/c1-24(10-19-22-16-6-4-14(21)8-17(16)23-19)20(25)13-7-12-3-5-15(26-2)9-18(12)27-11-13/h3-6,8-9,13H,7,10-11H2,1-2H3,(H,22,23)/t13-/m1/s1. The first-order chi connectivity index (χ1) is 13.0. The highest BCUT2D eigenvalue weighted by Gasteiger charge is 2.29. The van der Waals surface area contributed by atoms with Crippen LogP contribution in [0.15, 0.2) is 36.4 Å². The van der Waals surface area contributed by atoms with E-state index in [-0.39, 0.29) is 17.6 Å². The van der Waals surface area contributed by atoms with Gasteiger partial charge in [0.05, 0.1) is 30.6 Å². The van der Waals surface area contributed by atoms with Gasteiger partial charge >= 0.3 is 0 Å². The van der Waals surface area contributed by atoms with Crippen molar-refractivity contribution in [3.8, 4) is 11.5 Å². The number of aromatic amines is 1. The third-order valence-corrected chi connectivity index (χ3v) is 4.79. The van der Waals surface area contributed by atoms with Crippen LogP contribution in [0, 0.1) is 11.7 Å². The van der Waals surface area contributed by atoms with Crippen molar-refractivity contribution in [2.45, 2.75) is 13.0 Å². The number of carbonyl (C=O) groups excluding carboxylic acids is 1. The molecule has 1 N–H and O–H groups in total. The number of nitrogens with one attached hydrogen (secondary N) is 1. The molecule has 0 aliphatic carbocycles. The average Bonchev–Trinajstić information content (AvgIpc) is 3.07. The number of imidazole rings is 1. The molecule has 7 heteroatoms. The Hall–Kier alpha value is -3.09. The van der Waals surface area contributed by atoms with Crippen molar-refractivity contribution in [2.75, 3.05) is 20.8 Å². The summed E-state index contributed by atoms with van der Waals surface area (Å²) in [5.41, 5.74) is 2.29. The maximum atomic E-state index is 13.3. The first kappa shape index (κ1) is 17.3. The zero-order valence-electron chi connectivity index (χ0n) is 15.2. The molecular formula is C20H20FN3O3. The maximum Gasteiger partial charge on any atom is 0.229 e. The Morgan fingerprint density at radius 3 is 3.04 bits per heavy atom. The summed E-state index contributed by atoms with van der Waals surface area (Å²) in [5, 5.41) is 0. The van der Waals surface area contributed by atoms with Crippen LogP contribution in [-0.4, -0.2) is 41.5 Å². The molecule has 0 saturated carbocycles. The maximum absolute atomic E-state index is 13.3. The minimum atomic E-state index is -0.322. The summed E-state index contributed by atoms with van der Waals surface area (Å²) in [4.78, 5) is 21.9. The molecule has 0 radical (unpaired) electrons. The zero-order valence-corrected chi connectivity index (χ0v) is 15.2. The van der Waals surface area contributed by atoms with Gasteiger partial charge in [-0.15, -0.1) is 0 Å². The van der Waals surface area contributed by atoms with Gasteiger partial charge in [-0.3, -0.25) is 4.79 Å². The molecular weight excluding hydrogens is 349 g/mol. The fourth-order valence-corrected chi connectivity index (χ4v) is 3.36. The van der Waals surface area contributed by atoms with E-state index in [1.807, 2.05) is 18.2 Å². The van der Waals surface area contributed by atoms with Crippen molar-refractivity contribution in [3.05, 3.63) is 53.6 Å². The summed E-state index contributed by atoms with van der Waals surface area (Å²) in [6.45, 7) is 0.649. The quantitative estimate of drug-likeness (QED) is 0.768. The molecule has 0 fully saturated rings. The van der Waals surface area contributed by atoms with Gasteiger partial charge in [-0.25, -0.2) is 9.37 Å². The molecule has 3 aromatic rings. The van der Waals surface area contributed by atoms with E-state index in [9.17, 15) is 9.18 Å². The first-order valence-electron chi connectivity index (χ1n) is 8.72. The molecule has 0 spiro atoms. The first-order valence-corrected chi connectivity index (χ1v) is 8.72. The number of rotatable bonds is 4. The van der Waals surface area contributed by atoms with Crippen LogP contribution in [0.4, 0.5) is 4.39 Å². The van der Waals surface area contributed by atoms with Crippen LogP contribution >= 0.6 is 0 Å². The molecule has 1 aliphatic rings. The summed E-state index contributed by atoms with van der Waals surface area (Å²) in [6.07, 6.45) is 0.619. The second-order valence-electron chi connectivity index (χ2n) is 6.72.